The first-order chi connectivity index (χ1) is 8.59. The number of benzene rings is 1. The Hall–Kier alpha value is -1.10. The Balaban J connectivity index is 2.05. The molecule has 1 aromatic rings. The third-order valence-corrected chi connectivity index (χ3v) is 3.51. The van der Waals surface area contributed by atoms with Crippen molar-refractivity contribution in [2.75, 3.05) is 13.1 Å². The molecule has 1 heterocycles. The molecule has 0 aromatic heterocycles. The Bertz CT molecular complexity index is 416. The Labute approximate surface area is 111 Å². The maximum Gasteiger partial charge on any atom is 0.242 e. The maximum absolute atomic E-state index is 12.0. The van der Waals surface area contributed by atoms with Crippen LogP contribution in [-0.2, 0) is 4.79 Å². The van der Waals surface area contributed by atoms with Crippen molar-refractivity contribution in [1.29, 1.82) is 0 Å². The fourth-order valence-electron chi connectivity index (χ4n) is 2.15. The second-order valence-electron chi connectivity index (χ2n) is 4.55. The molecule has 1 fully saturated rings. The molecule has 0 saturated carbocycles. The predicted molar refractivity (Wildman–Crippen MR) is 70.2 cm³/mol. The lowest BCUT2D eigenvalue weighted by Crippen LogP contribution is -2.45. The van der Waals surface area contributed by atoms with Gasteiger partial charge in [0, 0.05) is 18.1 Å². The van der Waals surface area contributed by atoms with Crippen molar-refractivity contribution in [1.82, 2.24) is 4.90 Å². The van der Waals surface area contributed by atoms with Gasteiger partial charge in [-0.05, 0) is 30.5 Å². The van der Waals surface area contributed by atoms with Gasteiger partial charge in [0.15, 0.2) is 0 Å². The molecule has 3 N–H and O–H groups in total. The van der Waals surface area contributed by atoms with Crippen LogP contribution in [0.5, 0.6) is 0 Å². The lowest BCUT2D eigenvalue weighted by atomic mass is 10.0. The van der Waals surface area contributed by atoms with Crippen molar-refractivity contribution in [2.45, 2.75) is 25.0 Å². The van der Waals surface area contributed by atoms with E-state index in [1.54, 1.807) is 29.2 Å². The zero-order chi connectivity index (χ0) is 13.1. The molecule has 0 bridgehead atoms. The molecule has 0 radical (unpaired) electrons. The second kappa shape index (κ2) is 5.69. The Morgan fingerprint density at radius 1 is 1.28 bits per heavy atom. The van der Waals surface area contributed by atoms with Crippen LogP contribution in [0.1, 0.15) is 24.5 Å². The Kier molecular flexibility index (Phi) is 4.22. The van der Waals surface area contributed by atoms with Crippen LogP contribution in [0.15, 0.2) is 24.3 Å². The minimum Gasteiger partial charge on any atom is -0.386 e. The van der Waals surface area contributed by atoms with Crippen LogP contribution in [0.25, 0.3) is 0 Å². The van der Waals surface area contributed by atoms with E-state index < -0.39 is 12.1 Å². The molecule has 0 spiro atoms. The van der Waals surface area contributed by atoms with Gasteiger partial charge in [-0.2, -0.15) is 0 Å². The van der Waals surface area contributed by atoms with Gasteiger partial charge in [0.25, 0.3) is 0 Å². The van der Waals surface area contributed by atoms with Gasteiger partial charge >= 0.3 is 0 Å². The summed E-state index contributed by atoms with van der Waals surface area (Å²) in [5.41, 5.74) is 6.45. The fraction of sp³-hybridized carbons (Fsp3) is 0.462. The van der Waals surface area contributed by atoms with E-state index in [0.29, 0.717) is 10.6 Å². The van der Waals surface area contributed by atoms with Gasteiger partial charge in [-0.15, -0.1) is 0 Å². The summed E-state index contributed by atoms with van der Waals surface area (Å²) in [6.45, 7) is 1.47. The summed E-state index contributed by atoms with van der Waals surface area (Å²) in [5.74, 6) is -0.185. The average molecular weight is 269 g/mol. The normalized spacial score (nSPS) is 18.7. The number of carbonyl (C=O) groups is 1. The van der Waals surface area contributed by atoms with Crippen LogP contribution >= 0.6 is 11.6 Å². The summed E-state index contributed by atoms with van der Waals surface area (Å²) in [4.78, 5) is 13.8. The number of rotatable bonds is 3. The number of nitrogens with zero attached hydrogens (tertiary/aromatic N) is 1. The van der Waals surface area contributed by atoms with E-state index in [4.69, 9.17) is 17.3 Å². The van der Waals surface area contributed by atoms with E-state index in [9.17, 15) is 9.90 Å². The number of hydrogen-bond donors (Lipinski definition) is 2. The average Bonchev–Trinajstić information content (AvgIpc) is 2.91. The van der Waals surface area contributed by atoms with Gasteiger partial charge in [-0.3, -0.25) is 4.79 Å². The molecule has 1 aliphatic heterocycles. The molecule has 1 aromatic carbocycles. The highest BCUT2D eigenvalue weighted by molar-refractivity contribution is 6.30. The molecule has 1 saturated heterocycles. The zero-order valence-electron chi connectivity index (χ0n) is 10.1. The highest BCUT2D eigenvalue weighted by Gasteiger charge is 2.29. The molecular weight excluding hydrogens is 252 g/mol. The summed E-state index contributed by atoms with van der Waals surface area (Å²) in [6.07, 6.45) is 1.03. The zero-order valence-corrected chi connectivity index (χ0v) is 10.8. The molecule has 1 unspecified atom stereocenters. The number of aliphatic hydroxyl groups excluding tert-OH is 1. The minimum absolute atomic E-state index is 0.185. The number of nitrogens with two attached hydrogens (primary N) is 1. The quantitative estimate of drug-likeness (QED) is 0.869. The highest BCUT2D eigenvalue weighted by Crippen LogP contribution is 2.20. The molecule has 2 atom stereocenters. The third-order valence-electron chi connectivity index (χ3n) is 3.25. The van der Waals surface area contributed by atoms with Gasteiger partial charge in [0.05, 0.1) is 0 Å². The van der Waals surface area contributed by atoms with Crippen LogP contribution in [0.3, 0.4) is 0 Å². The first-order valence-electron chi connectivity index (χ1n) is 6.07. The van der Waals surface area contributed by atoms with Crippen LogP contribution in [0, 0.1) is 0 Å². The van der Waals surface area contributed by atoms with Crippen molar-refractivity contribution in [2.24, 2.45) is 5.73 Å². The van der Waals surface area contributed by atoms with Gasteiger partial charge in [0.2, 0.25) is 5.91 Å². The molecule has 1 amide bonds. The van der Waals surface area contributed by atoms with E-state index in [-0.39, 0.29) is 5.91 Å². The summed E-state index contributed by atoms with van der Waals surface area (Å²) in [7, 11) is 0. The first-order valence-corrected chi connectivity index (χ1v) is 6.45. The molecular formula is C13H17ClN2O2. The second-order valence-corrected chi connectivity index (χ2v) is 4.99. The minimum atomic E-state index is -0.990. The van der Waals surface area contributed by atoms with Crippen LogP contribution in [-0.4, -0.2) is 35.0 Å². The standard InChI is InChI=1S/C13H17ClN2O2/c14-10-5-3-9(4-6-10)12(17)11(15)13(18)16-7-1-2-8-16/h3-6,11-12,17H,1-2,7-8,15H2/t11-,12?/m1/s1. The molecule has 5 heteroatoms. The Morgan fingerprint density at radius 3 is 2.39 bits per heavy atom. The van der Waals surface area contributed by atoms with Crippen LogP contribution < -0.4 is 5.73 Å². The first kappa shape index (κ1) is 13.3. The monoisotopic (exact) mass is 268 g/mol. The Morgan fingerprint density at radius 2 is 1.83 bits per heavy atom. The van der Waals surface area contributed by atoms with Crippen LogP contribution in [0.4, 0.5) is 0 Å². The predicted octanol–water partition coefficient (Wildman–Crippen LogP) is 1.32. The number of carbonyl (C=O) groups excluding carboxylic acids is 1. The number of amides is 1. The summed E-state index contributed by atoms with van der Waals surface area (Å²) in [6, 6.07) is 5.80. The van der Waals surface area contributed by atoms with E-state index in [1.165, 1.54) is 0 Å². The number of aliphatic hydroxyl groups is 1. The lowest BCUT2D eigenvalue weighted by Gasteiger charge is -2.24. The van der Waals surface area contributed by atoms with Crippen molar-refractivity contribution < 1.29 is 9.90 Å². The number of likely N-dealkylation sites (tertiary alicyclic amines) is 1. The molecule has 4 nitrogen and oxygen atoms in total. The topological polar surface area (TPSA) is 66.6 Å². The number of hydrogen-bond acceptors (Lipinski definition) is 3. The van der Waals surface area contributed by atoms with Crippen molar-refractivity contribution in [3.05, 3.63) is 34.9 Å². The molecule has 98 valence electrons. The summed E-state index contributed by atoms with van der Waals surface area (Å²) in [5, 5.41) is 10.7. The van der Waals surface area contributed by atoms with E-state index in [2.05, 4.69) is 0 Å². The maximum atomic E-state index is 12.0. The largest absolute Gasteiger partial charge is 0.386 e. The van der Waals surface area contributed by atoms with Gasteiger partial charge in [-0.1, -0.05) is 23.7 Å². The number of halogens is 1. The van der Waals surface area contributed by atoms with Gasteiger partial charge in [0.1, 0.15) is 12.1 Å². The fourth-order valence-corrected chi connectivity index (χ4v) is 2.28. The summed E-state index contributed by atoms with van der Waals surface area (Å²) >= 11 is 5.77. The van der Waals surface area contributed by atoms with Crippen molar-refractivity contribution in [3.63, 3.8) is 0 Å². The van der Waals surface area contributed by atoms with E-state index >= 15 is 0 Å². The lowest BCUT2D eigenvalue weighted by molar-refractivity contribution is -0.134. The summed E-state index contributed by atoms with van der Waals surface area (Å²) < 4.78 is 0. The van der Waals surface area contributed by atoms with Crippen molar-refractivity contribution >= 4 is 17.5 Å². The molecule has 1 aliphatic rings. The van der Waals surface area contributed by atoms with E-state index in [1.807, 2.05) is 0 Å². The third kappa shape index (κ3) is 2.83. The smallest absolute Gasteiger partial charge is 0.242 e. The molecule has 18 heavy (non-hydrogen) atoms. The van der Waals surface area contributed by atoms with Crippen molar-refractivity contribution in [3.8, 4) is 0 Å². The van der Waals surface area contributed by atoms with Crippen LogP contribution in [0.2, 0.25) is 5.02 Å². The van der Waals surface area contributed by atoms with E-state index in [0.717, 1.165) is 25.9 Å². The molecule has 0 aliphatic carbocycles. The SMILES string of the molecule is N[C@@H](C(=O)N1CCCC1)C(O)c1ccc(Cl)cc1. The highest BCUT2D eigenvalue weighted by atomic mass is 35.5. The van der Waals surface area contributed by atoms with Gasteiger partial charge < -0.3 is 15.7 Å². The van der Waals surface area contributed by atoms with Gasteiger partial charge in [-0.25, -0.2) is 0 Å². The molecule has 2 rings (SSSR count).